The molecule has 0 radical (unpaired) electrons. The summed E-state index contributed by atoms with van der Waals surface area (Å²) < 4.78 is 0. The lowest BCUT2D eigenvalue weighted by Crippen LogP contribution is -2.48. The first kappa shape index (κ1) is 32.3. The van der Waals surface area contributed by atoms with Crippen LogP contribution in [0.2, 0.25) is 0 Å². The van der Waals surface area contributed by atoms with E-state index in [1.54, 1.807) is 0 Å². The quantitative estimate of drug-likeness (QED) is 0.172. The Labute approximate surface area is 322 Å². The molecule has 5 aliphatic carbocycles. The lowest BCUT2D eigenvalue weighted by Gasteiger charge is -2.57. The van der Waals surface area contributed by atoms with Crippen LogP contribution in [0.15, 0.2) is 152 Å². The van der Waals surface area contributed by atoms with Crippen LogP contribution in [-0.2, 0) is 10.8 Å². The van der Waals surface area contributed by atoms with Gasteiger partial charge in [0, 0.05) is 16.7 Å². The van der Waals surface area contributed by atoms with Crippen LogP contribution in [0.25, 0.3) is 45.3 Å². The fraction of sp³-hybridized carbons (Fsp3) is 0.216. The molecule has 264 valence electrons. The minimum Gasteiger partial charge on any atom is -0.208 e. The molecule has 7 aromatic rings. The Morgan fingerprint density at radius 3 is 1.55 bits per heavy atom. The molecule has 0 N–H and O–H groups in total. The summed E-state index contributed by atoms with van der Waals surface area (Å²) >= 11 is 0. The maximum absolute atomic E-state index is 10.3. The summed E-state index contributed by atoms with van der Waals surface area (Å²) in [5.41, 5.74) is 11.8. The van der Waals surface area contributed by atoms with Gasteiger partial charge in [-0.15, -0.1) is 0 Å². The Bertz CT molecular complexity index is 2550. The van der Waals surface area contributed by atoms with Crippen LogP contribution in [0, 0.1) is 29.1 Å². The third kappa shape index (κ3) is 5.06. The standard InChI is InChI=1S/C51H40N4/c52-32-33-11-10-18-42(26-33)51(40-16-8-3-9-17-40)45-27-39(49-54-47(37-12-4-1-5-13-37)53-48(55-49)38-14-6-2-7-15-38)19-21-43(45)44-22-20-41(28-46(44)51)50-29-34-23-35(30-50)25-36(24-34)31-50/h1-22,26-28,34-36H,23-25,29-31H2. The van der Waals surface area contributed by atoms with Crippen LogP contribution in [0.5, 0.6) is 0 Å². The average Bonchev–Trinajstić information content (AvgIpc) is 3.54. The van der Waals surface area contributed by atoms with Crippen molar-refractivity contribution in [3.63, 3.8) is 0 Å². The van der Waals surface area contributed by atoms with Crippen molar-refractivity contribution in [2.24, 2.45) is 17.8 Å². The van der Waals surface area contributed by atoms with Gasteiger partial charge in [0.15, 0.2) is 17.5 Å². The molecule has 0 saturated heterocycles. The van der Waals surface area contributed by atoms with E-state index in [1.807, 2.05) is 48.5 Å². The summed E-state index contributed by atoms with van der Waals surface area (Å²) in [6.45, 7) is 0. The topological polar surface area (TPSA) is 62.5 Å². The fourth-order valence-corrected chi connectivity index (χ4v) is 11.5. The molecule has 6 aromatic carbocycles. The number of hydrogen-bond donors (Lipinski definition) is 0. The van der Waals surface area contributed by atoms with E-state index < -0.39 is 5.41 Å². The SMILES string of the molecule is N#Cc1cccc(C2(c3ccccc3)c3cc(-c4nc(-c5ccccc5)nc(-c5ccccc5)n4)ccc3-c3ccc(C45CC6CC(CC(C6)C4)C5)cc32)c1. The van der Waals surface area contributed by atoms with Gasteiger partial charge in [-0.1, -0.05) is 133 Å². The second-order valence-electron chi connectivity index (χ2n) is 16.6. The summed E-state index contributed by atoms with van der Waals surface area (Å²) in [6.07, 6.45) is 8.19. The van der Waals surface area contributed by atoms with Crippen LogP contribution in [-0.4, -0.2) is 15.0 Å². The Kier molecular flexibility index (Phi) is 7.29. The number of rotatable bonds is 6. The molecule has 0 spiro atoms. The summed E-state index contributed by atoms with van der Waals surface area (Å²) in [6, 6.07) is 56.3. The van der Waals surface area contributed by atoms with Crippen LogP contribution in [0.3, 0.4) is 0 Å². The predicted octanol–water partition coefficient (Wildman–Crippen LogP) is 11.6. The van der Waals surface area contributed by atoms with E-state index in [4.69, 9.17) is 15.0 Å². The number of nitrogens with zero attached hydrogens (tertiary/aromatic N) is 4. The van der Waals surface area contributed by atoms with E-state index in [-0.39, 0.29) is 5.41 Å². The second kappa shape index (κ2) is 12.4. The van der Waals surface area contributed by atoms with Crippen molar-refractivity contribution in [2.75, 3.05) is 0 Å². The number of nitriles is 1. The third-order valence-corrected chi connectivity index (χ3v) is 13.4. The van der Waals surface area contributed by atoms with Crippen molar-refractivity contribution >= 4 is 0 Å². The van der Waals surface area contributed by atoms with Crippen molar-refractivity contribution in [3.05, 3.63) is 185 Å². The Balaban J connectivity index is 1.17. The molecule has 4 saturated carbocycles. The first-order chi connectivity index (χ1) is 27.1. The van der Waals surface area contributed by atoms with Crippen molar-refractivity contribution in [1.82, 2.24) is 15.0 Å². The van der Waals surface area contributed by atoms with Gasteiger partial charge in [0.25, 0.3) is 0 Å². The Morgan fingerprint density at radius 2 is 0.964 bits per heavy atom. The molecule has 0 aliphatic heterocycles. The smallest absolute Gasteiger partial charge is 0.164 e. The van der Waals surface area contributed by atoms with Crippen molar-refractivity contribution in [2.45, 2.75) is 49.4 Å². The van der Waals surface area contributed by atoms with Crippen LogP contribution in [0.4, 0.5) is 0 Å². The fourth-order valence-electron chi connectivity index (χ4n) is 11.5. The highest BCUT2D eigenvalue weighted by molar-refractivity contribution is 5.88. The first-order valence-corrected chi connectivity index (χ1v) is 19.8. The molecule has 4 bridgehead atoms. The highest BCUT2D eigenvalue weighted by atomic mass is 15.0. The first-order valence-electron chi connectivity index (χ1n) is 19.8. The van der Waals surface area contributed by atoms with Gasteiger partial charge < -0.3 is 0 Å². The van der Waals surface area contributed by atoms with Gasteiger partial charge in [-0.3, -0.25) is 0 Å². The van der Waals surface area contributed by atoms with Gasteiger partial charge in [-0.05, 0) is 119 Å². The summed E-state index contributed by atoms with van der Waals surface area (Å²) in [7, 11) is 0. The highest BCUT2D eigenvalue weighted by Gasteiger charge is 2.53. The van der Waals surface area contributed by atoms with E-state index >= 15 is 0 Å². The Hall–Kier alpha value is -6.18. The average molecular weight is 709 g/mol. The monoisotopic (exact) mass is 708 g/mol. The van der Waals surface area contributed by atoms with E-state index in [0.29, 0.717) is 23.0 Å². The van der Waals surface area contributed by atoms with Gasteiger partial charge in [-0.2, -0.15) is 5.26 Å². The van der Waals surface area contributed by atoms with Crippen molar-refractivity contribution < 1.29 is 0 Å². The van der Waals surface area contributed by atoms with Crippen LogP contribution >= 0.6 is 0 Å². The van der Waals surface area contributed by atoms with Crippen LogP contribution in [0.1, 0.15) is 71.9 Å². The molecule has 1 unspecified atom stereocenters. The van der Waals surface area contributed by atoms with E-state index in [2.05, 4.69) is 109 Å². The molecular weight excluding hydrogens is 669 g/mol. The normalized spacial score (nSPS) is 24.2. The van der Waals surface area contributed by atoms with E-state index in [0.717, 1.165) is 40.0 Å². The molecule has 4 heteroatoms. The number of hydrogen-bond acceptors (Lipinski definition) is 4. The van der Waals surface area contributed by atoms with Gasteiger partial charge in [0.05, 0.1) is 17.0 Å². The zero-order valence-corrected chi connectivity index (χ0v) is 30.7. The molecule has 4 nitrogen and oxygen atoms in total. The second-order valence-corrected chi connectivity index (χ2v) is 16.6. The van der Waals surface area contributed by atoms with Crippen molar-refractivity contribution in [3.8, 4) is 51.4 Å². The maximum atomic E-state index is 10.3. The number of benzene rings is 6. The van der Waals surface area contributed by atoms with Gasteiger partial charge >= 0.3 is 0 Å². The number of fused-ring (bicyclic) bond motifs is 3. The molecule has 0 amide bonds. The third-order valence-electron chi connectivity index (χ3n) is 13.4. The minimum atomic E-state index is -0.662. The van der Waals surface area contributed by atoms with E-state index in [1.165, 1.54) is 71.9 Å². The molecular formula is C51H40N4. The zero-order chi connectivity index (χ0) is 36.6. The van der Waals surface area contributed by atoms with Gasteiger partial charge in [0.2, 0.25) is 0 Å². The maximum Gasteiger partial charge on any atom is 0.164 e. The predicted molar refractivity (Wildman–Crippen MR) is 218 cm³/mol. The molecule has 1 heterocycles. The highest BCUT2D eigenvalue weighted by Crippen LogP contribution is 2.63. The van der Waals surface area contributed by atoms with Crippen molar-refractivity contribution in [1.29, 1.82) is 5.26 Å². The summed E-state index contributed by atoms with van der Waals surface area (Å²) in [5.74, 6) is 4.48. The zero-order valence-electron chi connectivity index (χ0n) is 30.7. The molecule has 5 aliphatic rings. The Morgan fingerprint density at radius 1 is 0.455 bits per heavy atom. The van der Waals surface area contributed by atoms with Gasteiger partial charge in [-0.25, -0.2) is 15.0 Å². The lowest BCUT2D eigenvalue weighted by atomic mass is 9.48. The summed E-state index contributed by atoms with van der Waals surface area (Å²) in [4.78, 5) is 15.3. The molecule has 4 fully saturated rings. The van der Waals surface area contributed by atoms with Gasteiger partial charge in [0.1, 0.15) is 0 Å². The van der Waals surface area contributed by atoms with E-state index in [9.17, 15) is 5.26 Å². The lowest BCUT2D eigenvalue weighted by molar-refractivity contribution is -0.00522. The number of aromatic nitrogens is 3. The summed E-state index contributed by atoms with van der Waals surface area (Å²) in [5, 5.41) is 10.3. The van der Waals surface area contributed by atoms with Crippen LogP contribution < -0.4 is 0 Å². The minimum absolute atomic E-state index is 0.243. The largest absolute Gasteiger partial charge is 0.208 e. The molecule has 1 atom stereocenters. The molecule has 12 rings (SSSR count). The molecule has 55 heavy (non-hydrogen) atoms. The molecule has 1 aromatic heterocycles.